The van der Waals surface area contributed by atoms with Crippen molar-refractivity contribution in [3.05, 3.63) is 89.5 Å². The summed E-state index contributed by atoms with van der Waals surface area (Å²) < 4.78 is 36.7. The van der Waals surface area contributed by atoms with Crippen LogP contribution in [0.15, 0.2) is 77.9 Å². The summed E-state index contributed by atoms with van der Waals surface area (Å²) in [6.07, 6.45) is 2.53. The van der Waals surface area contributed by atoms with Crippen molar-refractivity contribution in [1.82, 2.24) is 5.43 Å². The zero-order chi connectivity index (χ0) is 25.4. The molecule has 35 heavy (non-hydrogen) atoms. The quantitative estimate of drug-likeness (QED) is 0.340. The fourth-order valence-electron chi connectivity index (χ4n) is 3.30. The van der Waals surface area contributed by atoms with Crippen LogP contribution in [0, 0.1) is 6.92 Å². The van der Waals surface area contributed by atoms with E-state index in [1.54, 1.807) is 24.3 Å². The molecule has 0 saturated heterocycles. The van der Waals surface area contributed by atoms with Crippen molar-refractivity contribution in [2.75, 3.05) is 17.7 Å². The van der Waals surface area contributed by atoms with Gasteiger partial charge in [-0.1, -0.05) is 29.8 Å². The van der Waals surface area contributed by atoms with E-state index in [4.69, 9.17) is 9.47 Å². The Bertz CT molecular complexity index is 1260. The van der Waals surface area contributed by atoms with Gasteiger partial charge in [-0.3, -0.25) is 9.10 Å². The summed E-state index contributed by atoms with van der Waals surface area (Å²) in [5.74, 6) is 0.722. The number of methoxy groups -OCH3 is 1. The molecule has 0 heterocycles. The van der Waals surface area contributed by atoms with Gasteiger partial charge in [0.1, 0.15) is 24.1 Å². The number of aryl methyl sites for hydroxylation is 1. The Morgan fingerprint density at radius 3 is 2.17 bits per heavy atom. The third kappa shape index (κ3) is 7.31. The summed E-state index contributed by atoms with van der Waals surface area (Å²) in [6, 6.07) is 20.8. The molecule has 8 nitrogen and oxygen atoms in total. The number of hydrogen-bond donors (Lipinski definition) is 1. The third-order valence-electron chi connectivity index (χ3n) is 5.21. The zero-order valence-electron chi connectivity index (χ0n) is 20.1. The van der Waals surface area contributed by atoms with E-state index in [1.807, 2.05) is 55.5 Å². The summed E-state index contributed by atoms with van der Waals surface area (Å²) in [5, 5.41) is 3.97. The molecule has 0 radical (unpaired) electrons. The van der Waals surface area contributed by atoms with Gasteiger partial charge in [-0.2, -0.15) is 5.10 Å². The Morgan fingerprint density at radius 2 is 1.60 bits per heavy atom. The van der Waals surface area contributed by atoms with Gasteiger partial charge < -0.3 is 9.47 Å². The second-order valence-corrected chi connectivity index (χ2v) is 9.87. The summed E-state index contributed by atoms with van der Waals surface area (Å²) in [6.45, 7) is 4.00. The Kier molecular flexibility index (Phi) is 8.48. The molecule has 0 aliphatic carbocycles. The maximum atomic E-state index is 12.6. The van der Waals surface area contributed by atoms with E-state index >= 15 is 0 Å². The highest BCUT2D eigenvalue weighted by atomic mass is 32.2. The van der Waals surface area contributed by atoms with E-state index in [9.17, 15) is 13.2 Å². The molecule has 0 unspecified atom stereocenters. The first kappa shape index (κ1) is 25.8. The molecular formula is C26H29N3O5S. The van der Waals surface area contributed by atoms with Crippen molar-refractivity contribution in [3.8, 4) is 11.5 Å². The molecule has 0 aliphatic heterocycles. The summed E-state index contributed by atoms with van der Waals surface area (Å²) in [4.78, 5) is 12.6. The molecule has 3 aromatic carbocycles. The number of rotatable bonds is 10. The largest absolute Gasteiger partial charge is 0.497 e. The van der Waals surface area contributed by atoms with E-state index in [0.717, 1.165) is 21.7 Å². The third-order valence-corrected chi connectivity index (χ3v) is 6.45. The van der Waals surface area contributed by atoms with Gasteiger partial charge in [-0.05, 0) is 73.5 Å². The van der Waals surface area contributed by atoms with Gasteiger partial charge >= 0.3 is 0 Å². The fourth-order valence-corrected chi connectivity index (χ4v) is 4.48. The van der Waals surface area contributed by atoms with Gasteiger partial charge in [0.15, 0.2) is 0 Å². The number of nitrogens with one attached hydrogen (secondary N) is 1. The van der Waals surface area contributed by atoms with Crippen LogP contribution in [0.4, 0.5) is 5.69 Å². The number of amides is 1. The lowest BCUT2D eigenvalue weighted by Crippen LogP contribution is -2.46. The number of benzene rings is 3. The van der Waals surface area contributed by atoms with Crippen molar-refractivity contribution in [1.29, 1.82) is 0 Å². The van der Waals surface area contributed by atoms with Crippen molar-refractivity contribution >= 4 is 27.8 Å². The number of sulfonamides is 1. The standard InChI is InChI=1S/C26H29N3O5S/c1-19-5-7-22(8-6-19)18-34-25-13-9-21(10-14-25)17-27-28-26(30)20(2)29(35(4,31)32)23-11-15-24(33-3)16-12-23/h5-17,20H,18H2,1-4H3,(H,28,30)/b27-17-/t20-/m0/s1. The van der Waals surface area contributed by atoms with E-state index in [-0.39, 0.29) is 0 Å². The van der Waals surface area contributed by atoms with E-state index < -0.39 is 22.0 Å². The van der Waals surface area contributed by atoms with E-state index in [0.29, 0.717) is 23.8 Å². The molecule has 3 rings (SSSR count). The molecule has 0 aromatic heterocycles. The maximum Gasteiger partial charge on any atom is 0.263 e. The van der Waals surface area contributed by atoms with Crippen molar-refractivity contribution in [3.63, 3.8) is 0 Å². The monoisotopic (exact) mass is 495 g/mol. The number of hydrazone groups is 1. The van der Waals surface area contributed by atoms with Gasteiger partial charge in [-0.15, -0.1) is 0 Å². The molecule has 3 aromatic rings. The number of nitrogens with zero attached hydrogens (tertiary/aromatic N) is 2. The van der Waals surface area contributed by atoms with Gasteiger partial charge in [0.25, 0.3) is 5.91 Å². The minimum atomic E-state index is -3.73. The molecule has 0 saturated carbocycles. The number of carbonyl (C=O) groups excluding carboxylic acids is 1. The average molecular weight is 496 g/mol. The Labute approximate surface area is 206 Å². The number of hydrogen-bond acceptors (Lipinski definition) is 6. The van der Waals surface area contributed by atoms with Crippen LogP contribution in [-0.4, -0.2) is 39.9 Å². The number of carbonyl (C=O) groups is 1. The van der Waals surface area contributed by atoms with Crippen LogP contribution < -0.4 is 19.2 Å². The van der Waals surface area contributed by atoms with Crippen LogP contribution in [-0.2, 0) is 21.4 Å². The second-order valence-electron chi connectivity index (χ2n) is 8.01. The molecule has 1 atom stereocenters. The molecule has 0 bridgehead atoms. The minimum absolute atomic E-state index is 0.348. The molecular weight excluding hydrogens is 466 g/mol. The van der Waals surface area contributed by atoms with Gasteiger partial charge in [0.2, 0.25) is 10.0 Å². The summed E-state index contributed by atoms with van der Waals surface area (Å²) in [5.41, 5.74) is 5.78. The highest BCUT2D eigenvalue weighted by Gasteiger charge is 2.29. The molecule has 1 amide bonds. The topological polar surface area (TPSA) is 97.3 Å². The van der Waals surface area contributed by atoms with Gasteiger partial charge in [-0.25, -0.2) is 13.8 Å². The van der Waals surface area contributed by atoms with Crippen LogP contribution in [0.25, 0.3) is 0 Å². The van der Waals surface area contributed by atoms with Crippen LogP contribution in [0.3, 0.4) is 0 Å². The van der Waals surface area contributed by atoms with Crippen LogP contribution >= 0.6 is 0 Å². The second kappa shape index (κ2) is 11.5. The highest BCUT2D eigenvalue weighted by Crippen LogP contribution is 2.23. The Balaban J connectivity index is 1.59. The first-order valence-corrected chi connectivity index (χ1v) is 12.8. The van der Waals surface area contributed by atoms with Gasteiger partial charge in [0.05, 0.1) is 25.3 Å². The Hall–Kier alpha value is -3.85. The van der Waals surface area contributed by atoms with Crippen LogP contribution in [0.2, 0.25) is 0 Å². The predicted molar refractivity (Wildman–Crippen MR) is 137 cm³/mol. The average Bonchev–Trinajstić information content (AvgIpc) is 2.84. The molecule has 0 fully saturated rings. The Morgan fingerprint density at radius 1 is 1.00 bits per heavy atom. The van der Waals surface area contributed by atoms with E-state index in [1.165, 1.54) is 25.8 Å². The molecule has 0 spiro atoms. The van der Waals surface area contributed by atoms with Crippen LogP contribution in [0.5, 0.6) is 11.5 Å². The molecule has 9 heteroatoms. The smallest absolute Gasteiger partial charge is 0.263 e. The predicted octanol–water partition coefficient (Wildman–Crippen LogP) is 3.89. The first-order valence-electron chi connectivity index (χ1n) is 10.9. The number of ether oxygens (including phenoxy) is 2. The highest BCUT2D eigenvalue weighted by molar-refractivity contribution is 7.92. The lowest BCUT2D eigenvalue weighted by Gasteiger charge is -2.27. The van der Waals surface area contributed by atoms with Crippen molar-refractivity contribution < 1.29 is 22.7 Å². The lowest BCUT2D eigenvalue weighted by molar-refractivity contribution is -0.121. The van der Waals surface area contributed by atoms with Crippen molar-refractivity contribution in [2.24, 2.45) is 5.10 Å². The first-order chi connectivity index (χ1) is 16.7. The molecule has 184 valence electrons. The van der Waals surface area contributed by atoms with E-state index in [2.05, 4.69) is 10.5 Å². The minimum Gasteiger partial charge on any atom is -0.497 e. The normalized spacial score (nSPS) is 12.2. The van der Waals surface area contributed by atoms with Crippen LogP contribution in [0.1, 0.15) is 23.6 Å². The summed E-state index contributed by atoms with van der Waals surface area (Å²) >= 11 is 0. The SMILES string of the molecule is COc1ccc(N([C@@H](C)C(=O)N/N=C\c2ccc(OCc3ccc(C)cc3)cc2)S(C)(=O)=O)cc1. The van der Waals surface area contributed by atoms with Crippen molar-refractivity contribution in [2.45, 2.75) is 26.5 Å². The van der Waals surface area contributed by atoms with Gasteiger partial charge in [0, 0.05) is 0 Å². The summed E-state index contributed by atoms with van der Waals surface area (Å²) in [7, 11) is -2.21. The lowest BCUT2D eigenvalue weighted by atomic mass is 10.2. The zero-order valence-corrected chi connectivity index (χ0v) is 21.0. The number of anilines is 1. The molecule has 0 aliphatic rings. The fraction of sp³-hybridized carbons (Fsp3) is 0.231. The maximum absolute atomic E-state index is 12.6. The molecule has 1 N–H and O–H groups in total.